The third kappa shape index (κ3) is 6.21. The summed E-state index contributed by atoms with van der Waals surface area (Å²) < 4.78 is 10.6. The number of nitrogens with zero attached hydrogens (tertiary/aromatic N) is 2. The second kappa shape index (κ2) is 10.6. The Morgan fingerprint density at radius 3 is 2.89 bits per heavy atom. The van der Waals surface area contributed by atoms with Gasteiger partial charge in [0.15, 0.2) is 0 Å². The number of ether oxygens (including phenoxy) is 2. The number of aromatic nitrogens is 1. The molecule has 2 N–H and O–H groups in total. The Kier molecular flexibility index (Phi) is 7.63. The van der Waals surface area contributed by atoms with Crippen molar-refractivity contribution in [2.24, 2.45) is 0 Å². The van der Waals surface area contributed by atoms with Crippen LogP contribution >= 0.6 is 0 Å². The van der Waals surface area contributed by atoms with Crippen LogP contribution in [-0.4, -0.2) is 68.8 Å². The van der Waals surface area contributed by atoms with Crippen LogP contribution in [0, 0.1) is 0 Å². The molecule has 7 nitrogen and oxygen atoms in total. The highest BCUT2D eigenvalue weighted by atomic mass is 16.5. The van der Waals surface area contributed by atoms with E-state index in [1.165, 1.54) is 0 Å². The molecular weight excluding hydrogens is 356 g/mol. The summed E-state index contributed by atoms with van der Waals surface area (Å²) in [6.45, 7) is 5.86. The van der Waals surface area contributed by atoms with E-state index in [2.05, 4.69) is 20.5 Å². The molecule has 0 spiro atoms. The van der Waals surface area contributed by atoms with Crippen LogP contribution in [0.1, 0.15) is 16.1 Å². The zero-order valence-corrected chi connectivity index (χ0v) is 16.3. The number of methoxy groups -OCH3 is 1. The van der Waals surface area contributed by atoms with E-state index in [0.29, 0.717) is 12.2 Å². The van der Waals surface area contributed by atoms with Gasteiger partial charge in [-0.15, -0.1) is 0 Å². The Balaban J connectivity index is 1.43. The van der Waals surface area contributed by atoms with Crippen LogP contribution < -0.4 is 15.4 Å². The van der Waals surface area contributed by atoms with Crippen LogP contribution in [0.3, 0.4) is 0 Å². The fourth-order valence-electron chi connectivity index (χ4n) is 3.09. The first-order valence-corrected chi connectivity index (χ1v) is 9.66. The van der Waals surface area contributed by atoms with E-state index < -0.39 is 0 Å². The molecule has 0 atom stereocenters. The molecule has 0 aliphatic carbocycles. The van der Waals surface area contributed by atoms with Gasteiger partial charge < -0.3 is 20.1 Å². The molecule has 150 valence electrons. The molecule has 0 unspecified atom stereocenters. The lowest BCUT2D eigenvalue weighted by atomic mass is 10.1. The minimum absolute atomic E-state index is 0.167. The Morgan fingerprint density at radius 2 is 2.07 bits per heavy atom. The number of morpholine rings is 1. The normalized spacial score (nSPS) is 14.5. The predicted molar refractivity (Wildman–Crippen MR) is 109 cm³/mol. The van der Waals surface area contributed by atoms with Gasteiger partial charge in [0.1, 0.15) is 11.4 Å². The van der Waals surface area contributed by atoms with Crippen molar-refractivity contribution in [2.75, 3.05) is 58.4 Å². The number of benzene rings is 1. The number of rotatable bonds is 9. The summed E-state index contributed by atoms with van der Waals surface area (Å²) in [5, 5.41) is 6.29. The van der Waals surface area contributed by atoms with Crippen molar-refractivity contribution >= 4 is 11.6 Å². The van der Waals surface area contributed by atoms with Crippen molar-refractivity contribution in [2.45, 2.75) is 6.42 Å². The molecule has 1 aliphatic rings. The third-order valence-electron chi connectivity index (χ3n) is 4.69. The first-order valence-electron chi connectivity index (χ1n) is 9.66. The molecule has 28 heavy (non-hydrogen) atoms. The highest BCUT2D eigenvalue weighted by Gasteiger charge is 2.10. The van der Waals surface area contributed by atoms with Crippen molar-refractivity contribution in [1.29, 1.82) is 0 Å². The van der Waals surface area contributed by atoms with E-state index in [1.54, 1.807) is 19.4 Å². The van der Waals surface area contributed by atoms with Crippen LogP contribution in [0.5, 0.6) is 5.75 Å². The van der Waals surface area contributed by atoms with E-state index in [1.807, 2.05) is 30.3 Å². The lowest BCUT2D eigenvalue weighted by Crippen LogP contribution is -2.39. The summed E-state index contributed by atoms with van der Waals surface area (Å²) in [5.74, 6) is 0.654. The number of pyridine rings is 1. The second-order valence-electron chi connectivity index (χ2n) is 6.67. The topological polar surface area (TPSA) is 75.7 Å². The number of amides is 1. The van der Waals surface area contributed by atoms with Gasteiger partial charge in [0.2, 0.25) is 0 Å². The van der Waals surface area contributed by atoms with E-state index in [4.69, 9.17) is 9.47 Å². The van der Waals surface area contributed by atoms with Crippen molar-refractivity contribution < 1.29 is 14.3 Å². The molecule has 3 rings (SSSR count). The van der Waals surface area contributed by atoms with Crippen LogP contribution in [-0.2, 0) is 11.2 Å². The molecule has 0 radical (unpaired) electrons. The molecule has 7 heteroatoms. The molecule has 2 aromatic rings. The summed E-state index contributed by atoms with van der Waals surface area (Å²) >= 11 is 0. The molecular formula is C21H28N4O3. The van der Waals surface area contributed by atoms with Gasteiger partial charge in [-0.2, -0.15) is 0 Å². The molecule has 1 fully saturated rings. The summed E-state index contributed by atoms with van der Waals surface area (Å²) in [4.78, 5) is 18.9. The molecule has 2 heterocycles. The summed E-state index contributed by atoms with van der Waals surface area (Å²) in [7, 11) is 1.65. The van der Waals surface area contributed by atoms with Crippen molar-refractivity contribution in [3.8, 4) is 5.75 Å². The van der Waals surface area contributed by atoms with Gasteiger partial charge in [0, 0.05) is 44.6 Å². The number of hydrogen-bond acceptors (Lipinski definition) is 6. The smallest absolute Gasteiger partial charge is 0.269 e. The van der Waals surface area contributed by atoms with Crippen molar-refractivity contribution in [3.05, 3.63) is 53.9 Å². The van der Waals surface area contributed by atoms with Gasteiger partial charge in [0.25, 0.3) is 5.91 Å². The van der Waals surface area contributed by atoms with Crippen molar-refractivity contribution in [1.82, 2.24) is 15.2 Å². The maximum Gasteiger partial charge on any atom is 0.269 e. The van der Waals surface area contributed by atoms with Crippen LogP contribution in [0.4, 0.5) is 5.69 Å². The van der Waals surface area contributed by atoms with Crippen molar-refractivity contribution in [3.63, 3.8) is 0 Å². The first kappa shape index (κ1) is 20.1. The van der Waals surface area contributed by atoms with Crippen LogP contribution in [0.25, 0.3) is 0 Å². The second-order valence-corrected chi connectivity index (χ2v) is 6.67. The van der Waals surface area contributed by atoms with Crippen LogP contribution in [0.2, 0.25) is 0 Å². The maximum atomic E-state index is 12.4. The monoisotopic (exact) mass is 384 g/mol. The number of carbonyl (C=O) groups excluding carboxylic acids is 1. The summed E-state index contributed by atoms with van der Waals surface area (Å²) in [5.41, 5.74) is 2.44. The van der Waals surface area contributed by atoms with E-state index in [-0.39, 0.29) is 5.91 Å². The van der Waals surface area contributed by atoms with E-state index >= 15 is 0 Å². The predicted octanol–water partition coefficient (Wildman–Crippen LogP) is 1.81. The molecule has 1 saturated heterocycles. The Bertz CT molecular complexity index is 763. The highest BCUT2D eigenvalue weighted by Crippen LogP contribution is 2.13. The minimum atomic E-state index is -0.167. The fourth-order valence-corrected chi connectivity index (χ4v) is 3.09. The Morgan fingerprint density at radius 1 is 1.21 bits per heavy atom. The maximum absolute atomic E-state index is 12.4. The number of anilines is 1. The SMILES string of the molecule is COc1cccc(CCNC(=O)c2cc(NCCN3CCOCC3)ccn2)c1. The standard InChI is InChI=1S/C21H28N4O3/c1-27-19-4-2-3-17(15-19)5-7-24-21(26)20-16-18(6-8-23-20)22-9-10-25-11-13-28-14-12-25/h2-4,6,8,15-16H,5,7,9-14H2,1H3,(H,22,23)(H,24,26). The molecule has 1 aliphatic heterocycles. The van der Waals surface area contributed by atoms with Gasteiger partial charge in [-0.25, -0.2) is 0 Å². The largest absolute Gasteiger partial charge is 0.497 e. The van der Waals surface area contributed by atoms with Gasteiger partial charge >= 0.3 is 0 Å². The molecule has 1 aromatic heterocycles. The fraction of sp³-hybridized carbons (Fsp3) is 0.429. The highest BCUT2D eigenvalue weighted by molar-refractivity contribution is 5.93. The molecule has 0 saturated carbocycles. The third-order valence-corrected chi connectivity index (χ3v) is 4.69. The van der Waals surface area contributed by atoms with Gasteiger partial charge in [-0.1, -0.05) is 12.1 Å². The minimum Gasteiger partial charge on any atom is -0.497 e. The molecule has 1 aromatic carbocycles. The van der Waals surface area contributed by atoms with Gasteiger partial charge in [0.05, 0.1) is 20.3 Å². The Hall–Kier alpha value is -2.64. The average Bonchev–Trinajstić information content (AvgIpc) is 2.75. The quantitative estimate of drug-likeness (QED) is 0.687. The average molecular weight is 384 g/mol. The molecule has 1 amide bonds. The lowest BCUT2D eigenvalue weighted by molar-refractivity contribution is 0.0398. The van der Waals surface area contributed by atoms with E-state index in [9.17, 15) is 4.79 Å². The van der Waals surface area contributed by atoms with E-state index in [0.717, 1.165) is 62.8 Å². The summed E-state index contributed by atoms with van der Waals surface area (Å²) in [6.07, 6.45) is 2.40. The number of carbonyl (C=O) groups is 1. The van der Waals surface area contributed by atoms with Crippen LogP contribution in [0.15, 0.2) is 42.6 Å². The number of hydrogen-bond donors (Lipinski definition) is 2. The Labute approximate surface area is 166 Å². The lowest BCUT2D eigenvalue weighted by Gasteiger charge is -2.26. The molecule has 0 bridgehead atoms. The zero-order chi connectivity index (χ0) is 19.6. The summed E-state index contributed by atoms with van der Waals surface area (Å²) in [6, 6.07) is 11.5. The van der Waals surface area contributed by atoms with Gasteiger partial charge in [-0.05, 0) is 36.2 Å². The number of nitrogens with one attached hydrogen (secondary N) is 2. The zero-order valence-electron chi connectivity index (χ0n) is 16.3. The first-order chi connectivity index (χ1) is 13.7. The van der Waals surface area contributed by atoms with Gasteiger partial charge in [-0.3, -0.25) is 14.7 Å².